The van der Waals surface area contributed by atoms with Crippen LogP contribution in [0.25, 0.3) is 0 Å². The van der Waals surface area contributed by atoms with E-state index >= 15 is 0 Å². The molecule has 0 aromatic carbocycles. The van der Waals surface area contributed by atoms with E-state index in [2.05, 4.69) is 0 Å². The highest BCUT2D eigenvalue weighted by Crippen LogP contribution is 2.27. The summed E-state index contributed by atoms with van der Waals surface area (Å²) in [6.45, 7) is 3.58. The third-order valence-corrected chi connectivity index (χ3v) is 5.55. The van der Waals surface area contributed by atoms with Crippen molar-refractivity contribution < 1.29 is 27.8 Å². The summed E-state index contributed by atoms with van der Waals surface area (Å²) in [6.07, 6.45) is -0.159. The fraction of sp³-hybridized carbons (Fsp3) is 0.583. The number of aromatic carboxylic acids is 1. The Labute approximate surface area is 116 Å². The lowest BCUT2D eigenvalue weighted by Gasteiger charge is -2.33. The maximum Gasteiger partial charge on any atom is 0.371 e. The number of aryl methyl sites for hydroxylation is 1. The second-order valence-corrected chi connectivity index (χ2v) is 6.94. The molecule has 112 valence electrons. The highest BCUT2D eigenvalue weighted by molar-refractivity contribution is 7.89. The minimum atomic E-state index is -3.85. The highest BCUT2D eigenvalue weighted by atomic mass is 32.2. The molecular weight excluding hydrogens is 286 g/mol. The molecule has 20 heavy (non-hydrogen) atoms. The van der Waals surface area contributed by atoms with E-state index in [1.54, 1.807) is 0 Å². The van der Waals surface area contributed by atoms with Gasteiger partial charge in [0, 0.05) is 19.2 Å². The first-order valence-corrected chi connectivity index (χ1v) is 7.69. The molecule has 1 aliphatic rings. The van der Waals surface area contributed by atoms with Crippen molar-refractivity contribution >= 4 is 16.0 Å². The van der Waals surface area contributed by atoms with Crippen LogP contribution >= 0.6 is 0 Å². The van der Waals surface area contributed by atoms with Crippen LogP contribution in [0.15, 0.2) is 15.4 Å². The molecule has 0 radical (unpaired) electrons. The smallest absolute Gasteiger partial charge is 0.371 e. The first-order valence-electron chi connectivity index (χ1n) is 6.25. The van der Waals surface area contributed by atoms with E-state index < -0.39 is 27.9 Å². The lowest BCUT2D eigenvalue weighted by molar-refractivity contribution is 0.0605. The molecular formula is C12H17NO6S. The van der Waals surface area contributed by atoms with Gasteiger partial charge in [-0.15, -0.1) is 0 Å². The van der Waals surface area contributed by atoms with E-state index in [1.165, 1.54) is 11.2 Å². The van der Waals surface area contributed by atoms with Crippen molar-refractivity contribution in [3.63, 3.8) is 0 Å². The van der Waals surface area contributed by atoms with Gasteiger partial charge in [0.15, 0.2) is 0 Å². The third kappa shape index (κ3) is 2.58. The molecule has 2 rings (SSSR count). The maximum atomic E-state index is 12.5. The summed E-state index contributed by atoms with van der Waals surface area (Å²) in [5.41, 5.74) is 0. The van der Waals surface area contributed by atoms with E-state index in [0.29, 0.717) is 13.0 Å². The van der Waals surface area contributed by atoms with Gasteiger partial charge in [-0.2, -0.15) is 4.31 Å². The quantitative estimate of drug-likeness (QED) is 0.850. The van der Waals surface area contributed by atoms with Crippen molar-refractivity contribution in [1.82, 2.24) is 4.31 Å². The van der Waals surface area contributed by atoms with Crippen LogP contribution in [0.2, 0.25) is 0 Å². The molecule has 1 aromatic rings. The van der Waals surface area contributed by atoms with Crippen LogP contribution in [0.1, 0.15) is 29.7 Å². The van der Waals surface area contributed by atoms with E-state index in [-0.39, 0.29) is 23.1 Å². The van der Waals surface area contributed by atoms with Crippen molar-refractivity contribution in [2.75, 3.05) is 13.1 Å². The van der Waals surface area contributed by atoms with E-state index in [4.69, 9.17) is 9.52 Å². The fourth-order valence-corrected chi connectivity index (χ4v) is 3.84. The van der Waals surface area contributed by atoms with Crippen molar-refractivity contribution in [2.45, 2.75) is 31.3 Å². The number of sulfonamides is 1. The first kappa shape index (κ1) is 15.0. The average molecular weight is 303 g/mol. The molecule has 1 aromatic heterocycles. The summed E-state index contributed by atoms with van der Waals surface area (Å²) in [5.74, 6) is -1.65. The lowest BCUT2D eigenvalue weighted by Crippen LogP contribution is -2.45. The molecule has 2 heterocycles. The number of piperidine rings is 1. The Morgan fingerprint density at radius 3 is 2.65 bits per heavy atom. The number of rotatable bonds is 3. The number of nitrogens with zero attached hydrogens (tertiary/aromatic N) is 1. The van der Waals surface area contributed by atoms with E-state index in [1.807, 2.05) is 6.92 Å². The minimum Gasteiger partial charge on any atom is -0.475 e. The Bertz CT molecular complexity index is 620. The summed E-state index contributed by atoms with van der Waals surface area (Å²) in [4.78, 5) is 10.7. The van der Waals surface area contributed by atoms with Gasteiger partial charge in [0.1, 0.15) is 10.7 Å². The van der Waals surface area contributed by atoms with Gasteiger partial charge >= 0.3 is 5.97 Å². The predicted octanol–water partition coefficient (Wildman–Crippen LogP) is 0.678. The first-order chi connectivity index (χ1) is 9.23. The molecule has 0 saturated carbocycles. The molecule has 2 atom stereocenters. The van der Waals surface area contributed by atoms with Crippen LogP contribution < -0.4 is 0 Å². The van der Waals surface area contributed by atoms with Gasteiger partial charge in [0.2, 0.25) is 15.8 Å². The molecule has 1 saturated heterocycles. The van der Waals surface area contributed by atoms with E-state index in [0.717, 1.165) is 6.07 Å². The van der Waals surface area contributed by atoms with Crippen LogP contribution in [0.4, 0.5) is 0 Å². The zero-order chi connectivity index (χ0) is 15.1. The topological polar surface area (TPSA) is 108 Å². The molecule has 1 fully saturated rings. The van der Waals surface area contributed by atoms with Crippen molar-refractivity contribution in [3.8, 4) is 0 Å². The van der Waals surface area contributed by atoms with Crippen LogP contribution in [0.3, 0.4) is 0 Å². The monoisotopic (exact) mass is 303 g/mol. The Kier molecular flexibility index (Phi) is 3.90. The number of carboxylic acid groups (broad SMARTS) is 1. The second-order valence-electron chi connectivity index (χ2n) is 5.03. The predicted molar refractivity (Wildman–Crippen MR) is 69.0 cm³/mol. The summed E-state index contributed by atoms with van der Waals surface area (Å²) < 4.78 is 31.0. The molecule has 7 nitrogen and oxygen atoms in total. The number of aliphatic hydroxyl groups is 1. The third-order valence-electron chi connectivity index (χ3n) is 3.58. The van der Waals surface area contributed by atoms with Gasteiger partial charge in [-0.05, 0) is 19.3 Å². The van der Waals surface area contributed by atoms with Gasteiger partial charge in [0.25, 0.3) is 0 Å². The number of hydrogen-bond donors (Lipinski definition) is 2. The number of carboxylic acids is 1. The van der Waals surface area contributed by atoms with Crippen molar-refractivity contribution in [1.29, 1.82) is 0 Å². The summed E-state index contributed by atoms with van der Waals surface area (Å²) in [6, 6.07) is 1.01. The molecule has 0 aliphatic carbocycles. The molecule has 0 spiro atoms. The van der Waals surface area contributed by atoms with Crippen molar-refractivity contribution in [3.05, 3.63) is 17.6 Å². The Morgan fingerprint density at radius 2 is 2.15 bits per heavy atom. The zero-order valence-electron chi connectivity index (χ0n) is 11.2. The van der Waals surface area contributed by atoms with Crippen LogP contribution in [-0.2, 0) is 10.0 Å². The lowest BCUT2D eigenvalue weighted by atomic mass is 9.98. The zero-order valence-corrected chi connectivity index (χ0v) is 12.1. The SMILES string of the molecule is Cc1oc(C(=O)O)cc1S(=O)(=O)N1CCC(C)C(O)C1. The summed E-state index contributed by atoms with van der Waals surface area (Å²) >= 11 is 0. The molecule has 2 N–H and O–H groups in total. The normalized spacial score (nSPS) is 24.8. The highest BCUT2D eigenvalue weighted by Gasteiger charge is 2.35. The van der Waals surface area contributed by atoms with E-state index in [9.17, 15) is 18.3 Å². The molecule has 1 aliphatic heterocycles. The Balaban J connectivity index is 2.33. The number of furan rings is 1. The standard InChI is InChI=1S/C12H17NO6S/c1-7-3-4-13(6-9(7)14)20(17,18)11-5-10(12(15)16)19-8(11)2/h5,7,9,14H,3-4,6H2,1-2H3,(H,15,16). The summed E-state index contributed by atoms with van der Waals surface area (Å²) in [5, 5.41) is 18.6. The van der Waals surface area contributed by atoms with Gasteiger partial charge in [-0.1, -0.05) is 6.92 Å². The number of carbonyl (C=O) groups is 1. The number of hydrogen-bond acceptors (Lipinski definition) is 5. The van der Waals surface area contributed by atoms with Crippen LogP contribution in [0.5, 0.6) is 0 Å². The minimum absolute atomic E-state index is 0.0104. The van der Waals surface area contributed by atoms with Crippen LogP contribution in [-0.4, -0.2) is 48.1 Å². The number of aliphatic hydroxyl groups excluding tert-OH is 1. The molecule has 2 unspecified atom stereocenters. The summed E-state index contributed by atoms with van der Waals surface area (Å²) in [7, 11) is -3.85. The van der Waals surface area contributed by atoms with Crippen molar-refractivity contribution in [2.24, 2.45) is 5.92 Å². The van der Waals surface area contributed by atoms with Crippen LogP contribution in [0, 0.1) is 12.8 Å². The molecule has 0 bridgehead atoms. The number of β-amino-alcohol motifs (C(OH)–C–C–N with tert-alkyl or cyclic N) is 1. The van der Waals surface area contributed by atoms with Gasteiger partial charge < -0.3 is 14.6 Å². The average Bonchev–Trinajstić information content (AvgIpc) is 2.75. The molecule has 0 amide bonds. The fourth-order valence-electron chi connectivity index (χ4n) is 2.20. The molecule has 8 heteroatoms. The van der Waals surface area contributed by atoms with Gasteiger partial charge in [0.05, 0.1) is 6.10 Å². The van der Waals surface area contributed by atoms with Gasteiger partial charge in [-0.25, -0.2) is 13.2 Å². The largest absolute Gasteiger partial charge is 0.475 e. The maximum absolute atomic E-state index is 12.5. The Morgan fingerprint density at radius 1 is 1.50 bits per heavy atom. The van der Waals surface area contributed by atoms with Gasteiger partial charge in [-0.3, -0.25) is 0 Å². The second kappa shape index (κ2) is 5.19. The Hall–Kier alpha value is -1.38.